The van der Waals surface area contributed by atoms with Gasteiger partial charge < -0.3 is 10.4 Å². The van der Waals surface area contributed by atoms with Gasteiger partial charge in [-0.1, -0.05) is 42.5 Å². The second kappa shape index (κ2) is 3.81. The van der Waals surface area contributed by atoms with Crippen LogP contribution in [0.5, 0.6) is 0 Å². The summed E-state index contributed by atoms with van der Waals surface area (Å²) in [4.78, 5) is 0. The molecule has 2 nitrogen and oxygen atoms in total. The van der Waals surface area contributed by atoms with Gasteiger partial charge in [0, 0.05) is 17.4 Å². The lowest BCUT2D eigenvalue weighted by Gasteiger charge is -2.30. The molecule has 2 heteroatoms. The fourth-order valence-corrected chi connectivity index (χ4v) is 4.05. The van der Waals surface area contributed by atoms with E-state index in [0.29, 0.717) is 6.61 Å². The molecule has 2 fully saturated rings. The highest BCUT2D eigenvalue weighted by atomic mass is 16.3. The summed E-state index contributed by atoms with van der Waals surface area (Å²) in [5.74, 6) is 0. The molecule has 2 N–H and O–H groups in total. The number of rotatable bonds is 2. The van der Waals surface area contributed by atoms with Crippen LogP contribution in [0.4, 0.5) is 0 Å². The molecule has 1 saturated carbocycles. The smallest absolute Gasteiger partial charge is 0.0508 e. The van der Waals surface area contributed by atoms with Crippen molar-refractivity contribution in [3.8, 4) is 0 Å². The lowest BCUT2D eigenvalue weighted by atomic mass is 9.81. The molecule has 1 heterocycles. The Morgan fingerprint density at radius 1 is 1.11 bits per heavy atom. The van der Waals surface area contributed by atoms with E-state index in [9.17, 15) is 5.11 Å². The zero-order valence-electron chi connectivity index (χ0n) is 11.0. The minimum Gasteiger partial charge on any atom is -0.396 e. The number of fused-ring (bicyclic) bond motifs is 2. The van der Waals surface area contributed by atoms with Crippen molar-refractivity contribution in [2.45, 2.75) is 18.3 Å². The molecule has 2 aromatic carbocycles. The maximum atomic E-state index is 9.79. The van der Waals surface area contributed by atoms with Crippen LogP contribution < -0.4 is 5.32 Å². The number of hydrogen-bond acceptors (Lipinski definition) is 2. The standard InChI is InChI=1S/C17H19NO/c19-12-16-10-17(16,7-8-18-11-16)15-6-5-13-3-1-2-4-14(13)9-15/h1-6,9,18-19H,7-8,10-12H2/t16-,17-/m1/s1. The van der Waals surface area contributed by atoms with Gasteiger partial charge in [-0.2, -0.15) is 0 Å². The molecule has 2 atom stereocenters. The molecular weight excluding hydrogens is 234 g/mol. The normalized spacial score (nSPS) is 33.1. The first-order chi connectivity index (χ1) is 9.30. The summed E-state index contributed by atoms with van der Waals surface area (Å²) in [6.07, 6.45) is 2.27. The first-order valence-electron chi connectivity index (χ1n) is 7.11. The summed E-state index contributed by atoms with van der Waals surface area (Å²) in [7, 11) is 0. The topological polar surface area (TPSA) is 32.3 Å². The number of piperidine rings is 1. The minimum absolute atomic E-state index is 0.0910. The van der Waals surface area contributed by atoms with Crippen molar-refractivity contribution >= 4 is 10.8 Å². The van der Waals surface area contributed by atoms with E-state index >= 15 is 0 Å². The fraction of sp³-hybridized carbons (Fsp3) is 0.412. The second-order valence-electron chi connectivity index (χ2n) is 6.19. The highest BCUT2D eigenvalue weighted by molar-refractivity contribution is 5.83. The SMILES string of the molecule is OC[C@@]12CNCC[C@]1(c1ccc3ccccc3c1)C2. The van der Waals surface area contributed by atoms with Crippen molar-refractivity contribution in [3.05, 3.63) is 48.0 Å². The predicted octanol–water partition coefficient (Wildman–Crippen LogP) is 2.45. The van der Waals surface area contributed by atoms with E-state index in [-0.39, 0.29) is 10.8 Å². The van der Waals surface area contributed by atoms with Crippen LogP contribution in [0.15, 0.2) is 42.5 Å². The van der Waals surface area contributed by atoms with E-state index in [1.807, 2.05) is 0 Å². The minimum atomic E-state index is 0.0910. The van der Waals surface area contributed by atoms with Crippen LogP contribution >= 0.6 is 0 Å². The predicted molar refractivity (Wildman–Crippen MR) is 77.2 cm³/mol. The van der Waals surface area contributed by atoms with E-state index in [1.54, 1.807) is 0 Å². The van der Waals surface area contributed by atoms with Crippen molar-refractivity contribution in [1.82, 2.24) is 5.32 Å². The Hall–Kier alpha value is -1.38. The Morgan fingerprint density at radius 3 is 2.79 bits per heavy atom. The van der Waals surface area contributed by atoms with Gasteiger partial charge in [-0.05, 0) is 35.7 Å². The molecule has 0 spiro atoms. The molecule has 0 amide bonds. The third-order valence-corrected chi connectivity index (χ3v) is 5.33. The van der Waals surface area contributed by atoms with Crippen LogP contribution in [0.1, 0.15) is 18.4 Å². The molecule has 0 aromatic heterocycles. The first-order valence-corrected chi connectivity index (χ1v) is 7.11. The molecule has 1 aliphatic heterocycles. The van der Waals surface area contributed by atoms with Crippen LogP contribution in [0.3, 0.4) is 0 Å². The van der Waals surface area contributed by atoms with Gasteiger partial charge in [0.05, 0.1) is 6.61 Å². The van der Waals surface area contributed by atoms with Crippen molar-refractivity contribution in [1.29, 1.82) is 0 Å². The zero-order valence-corrected chi connectivity index (χ0v) is 11.0. The summed E-state index contributed by atoms with van der Waals surface area (Å²) in [6, 6.07) is 15.3. The van der Waals surface area contributed by atoms with E-state index < -0.39 is 0 Å². The summed E-state index contributed by atoms with van der Waals surface area (Å²) < 4.78 is 0. The largest absolute Gasteiger partial charge is 0.396 e. The van der Waals surface area contributed by atoms with Crippen molar-refractivity contribution in [2.75, 3.05) is 19.7 Å². The number of aliphatic hydroxyl groups is 1. The van der Waals surface area contributed by atoms with E-state index in [0.717, 1.165) is 25.9 Å². The molecule has 0 radical (unpaired) electrons. The summed E-state index contributed by atoms with van der Waals surface area (Å²) in [5.41, 5.74) is 1.73. The van der Waals surface area contributed by atoms with Crippen LogP contribution in [0, 0.1) is 5.41 Å². The van der Waals surface area contributed by atoms with Gasteiger partial charge in [0.2, 0.25) is 0 Å². The van der Waals surface area contributed by atoms with Gasteiger partial charge in [-0.3, -0.25) is 0 Å². The molecule has 19 heavy (non-hydrogen) atoms. The molecule has 0 unspecified atom stereocenters. The Morgan fingerprint density at radius 2 is 1.95 bits per heavy atom. The van der Waals surface area contributed by atoms with E-state index in [2.05, 4.69) is 47.8 Å². The third kappa shape index (κ3) is 1.44. The van der Waals surface area contributed by atoms with Gasteiger partial charge in [-0.15, -0.1) is 0 Å². The average molecular weight is 253 g/mol. The molecule has 2 aromatic rings. The van der Waals surface area contributed by atoms with Crippen molar-refractivity contribution < 1.29 is 5.11 Å². The number of hydrogen-bond donors (Lipinski definition) is 2. The monoisotopic (exact) mass is 253 g/mol. The fourth-order valence-electron chi connectivity index (χ4n) is 4.05. The van der Waals surface area contributed by atoms with Crippen LogP contribution in [0.25, 0.3) is 10.8 Å². The quantitative estimate of drug-likeness (QED) is 0.861. The van der Waals surface area contributed by atoms with Gasteiger partial charge >= 0.3 is 0 Å². The Labute approximate surface area is 113 Å². The first kappa shape index (κ1) is 11.4. The molecule has 2 aliphatic rings. The molecule has 98 valence electrons. The highest BCUT2D eigenvalue weighted by Crippen LogP contribution is 2.67. The van der Waals surface area contributed by atoms with Gasteiger partial charge in [0.15, 0.2) is 0 Å². The summed E-state index contributed by atoms with van der Waals surface area (Å²) in [5, 5.41) is 15.8. The molecule has 4 rings (SSSR count). The highest BCUT2D eigenvalue weighted by Gasteiger charge is 2.68. The van der Waals surface area contributed by atoms with Gasteiger partial charge in [0.1, 0.15) is 0 Å². The zero-order chi connectivity index (χ0) is 12.9. The Kier molecular flexibility index (Phi) is 2.30. The Bertz CT molecular complexity index is 638. The van der Waals surface area contributed by atoms with Gasteiger partial charge in [0.25, 0.3) is 0 Å². The summed E-state index contributed by atoms with van der Waals surface area (Å²) in [6.45, 7) is 2.32. The van der Waals surface area contributed by atoms with Crippen molar-refractivity contribution in [2.24, 2.45) is 5.41 Å². The third-order valence-electron chi connectivity index (χ3n) is 5.33. The molecule has 1 aliphatic carbocycles. The second-order valence-corrected chi connectivity index (χ2v) is 6.19. The maximum absolute atomic E-state index is 9.79. The number of nitrogens with one attached hydrogen (secondary N) is 1. The molecule has 0 bridgehead atoms. The number of benzene rings is 2. The number of aliphatic hydroxyl groups excluding tert-OH is 1. The average Bonchev–Trinajstić information content (AvgIpc) is 3.18. The van der Waals surface area contributed by atoms with E-state index in [1.165, 1.54) is 16.3 Å². The Balaban J connectivity index is 1.82. The lowest BCUT2D eigenvalue weighted by molar-refractivity contribution is 0.169. The van der Waals surface area contributed by atoms with Crippen LogP contribution in [-0.2, 0) is 5.41 Å². The van der Waals surface area contributed by atoms with Gasteiger partial charge in [-0.25, -0.2) is 0 Å². The van der Waals surface area contributed by atoms with Crippen LogP contribution in [-0.4, -0.2) is 24.8 Å². The van der Waals surface area contributed by atoms with Crippen LogP contribution in [0.2, 0.25) is 0 Å². The maximum Gasteiger partial charge on any atom is 0.0508 e. The van der Waals surface area contributed by atoms with E-state index in [4.69, 9.17) is 0 Å². The summed E-state index contributed by atoms with van der Waals surface area (Å²) >= 11 is 0. The van der Waals surface area contributed by atoms with Crippen molar-refractivity contribution in [3.63, 3.8) is 0 Å². The molecule has 1 saturated heterocycles. The lowest BCUT2D eigenvalue weighted by Crippen LogP contribution is -2.40. The molecular formula is C17H19NO.